The number of ether oxygens (including phenoxy) is 3. The lowest BCUT2D eigenvalue weighted by molar-refractivity contribution is 0.0386. The molecule has 0 heterocycles. The molecule has 0 bridgehead atoms. The molecule has 1 aliphatic rings. The first-order chi connectivity index (χ1) is 15.5. The van der Waals surface area contributed by atoms with Gasteiger partial charge in [0.25, 0.3) is 0 Å². The maximum atomic E-state index is 11.1. The van der Waals surface area contributed by atoms with Crippen molar-refractivity contribution in [1.82, 2.24) is 0 Å². The molecule has 0 amide bonds. The normalized spacial score (nSPS) is 18.4. The van der Waals surface area contributed by atoms with E-state index in [2.05, 4.69) is 39.5 Å². The molecular formula is C27H43NO4. The number of nitrogens with two attached hydrogens (primary N) is 1. The van der Waals surface area contributed by atoms with Crippen molar-refractivity contribution in [3.8, 4) is 11.5 Å². The Labute approximate surface area is 194 Å². The van der Waals surface area contributed by atoms with Gasteiger partial charge in [-0.2, -0.15) is 0 Å². The fourth-order valence-corrected chi connectivity index (χ4v) is 4.37. The van der Waals surface area contributed by atoms with Crippen LogP contribution in [0.5, 0.6) is 11.5 Å². The molecule has 180 valence electrons. The van der Waals surface area contributed by atoms with Crippen LogP contribution in [0.1, 0.15) is 69.9 Å². The predicted octanol–water partition coefficient (Wildman–Crippen LogP) is 5.51. The van der Waals surface area contributed by atoms with E-state index in [4.69, 9.17) is 19.9 Å². The standard InChI is InChI=1S/C27H43NO4/c1-5-6-7-8-22-18-25(29)27(24-17-21(4)9-10-23(24)20(2)3)26(19-22)32-16-15-31-14-13-30-12-11-28/h17-19,23-24,29H,2,5-16,28H2,1,3-4H3. The molecule has 5 nitrogen and oxygen atoms in total. The third kappa shape index (κ3) is 8.27. The zero-order valence-electron chi connectivity index (χ0n) is 20.3. The van der Waals surface area contributed by atoms with Crippen LogP contribution in [0.15, 0.2) is 35.9 Å². The van der Waals surface area contributed by atoms with Gasteiger partial charge < -0.3 is 25.1 Å². The van der Waals surface area contributed by atoms with Crippen LogP contribution in [0.4, 0.5) is 0 Å². The van der Waals surface area contributed by atoms with E-state index in [1.165, 1.54) is 18.4 Å². The molecule has 0 saturated heterocycles. The van der Waals surface area contributed by atoms with E-state index in [0.29, 0.717) is 51.2 Å². The molecule has 5 heteroatoms. The Morgan fingerprint density at radius 1 is 1.12 bits per heavy atom. The Morgan fingerprint density at radius 3 is 2.53 bits per heavy atom. The number of allylic oxidation sites excluding steroid dienone is 3. The minimum Gasteiger partial charge on any atom is -0.507 e. The molecule has 0 aliphatic heterocycles. The molecule has 1 aromatic rings. The van der Waals surface area contributed by atoms with Crippen LogP contribution >= 0.6 is 0 Å². The topological polar surface area (TPSA) is 73.9 Å². The number of unbranched alkanes of at least 4 members (excludes halogenated alkanes) is 2. The number of phenols is 1. The third-order valence-corrected chi connectivity index (χ3v) is 6.08. The summed E-state index contributed by atoms with van der Waals surface area (Å²) in [6, 6.07) is 4.04. The molecule has 0 spiro atoms. The summed E-state index contributed by atoms with van der Waals surface area (Å²) in [5, 5.41) is 11.1. The van der Waals surface area contributed by atoms with Crippen molar-refractivity contribution < 1.29 is 19.3 Å². The third-order valence-electron chi connectivity index (χ3n) is 6.08. The van der Waals surface area contributed by atoms with Crippen LogP contribution in [-0.4, -0.2) is 44.7 Å². The van der Waals surface area contributed by atoms with E-state index < -0.39 is 0 Å². The molecule has 32 heavy (non-hydrogen) atoms. The summed E-state index contributed by atoms with van der Waals surface area (Å²) in [4.78, 5) is 0. The first-order valence-corrected chi connectivity index (χ1v) is 12.1. The van der Waals surface area contributed by atoms with Gasteiger partial charge in [-0.1, -0.05) is 43.6 Å². The summed E-state index contributed by atoms with van der Waals surface area (Å²) in [7, 11) is 0. The van der Waals surface area contributed by atoms with Crippen LogP contribution in [0, 0.1) is 5.92 Å². The quantitative estimate of drug-likeness (QED) is 0.275. The largest absolute Gasteiger partial charge is 0.507 e. The zero-order valence-corrected chi connectivity index (χ0v) is 20.3. The Balaban J connectivity index is 2.17. The molecule has 2 unspecified atom stereocenters. The van der Waals surface area contributed by atoms with Gasteiger partial charge in [0.15, 0.2) is 0 Å². The average molecular weight is 446 g/mol. The second kappa shape index (κ2) is 14.4. The number of hydrogen-bond acceptors (Lipinski definition) is 5. The number of hydrogen-bond donors (Lipinski definition) is 2. The number of aromatic hydroxyl groups is 1. The van der Waals surface area contributed by atoms with Gasteiger partial charge in [-0.15, -0.1) is 0 Å². The average Bonchev–Trinajstić information content (AvgIpc) is 2.75. The van der Waals surface area contributed by atoms with Crippen molar-refractivity contribution in [3.63, 3.8) is 0 Å². The summed E-state index contributed by atoms with van der Waals surface area (Å²) in [6.07, 6.45) is 8.81. The summed E-state index contributed by atoms with van der Waals surface area (Å²) in [5.41, 5.74) is 9.91. The molecule has 0 fully saturated rings. The van der Waals surface area contributed by atoms with Crippen molar-refractivity contribution in [2.24, 2.45) is 11.7 Å². The minimum absolute atomic E-state index is 0.0755. The number of phenolic OH excluding ortho intramolecular Hbond substituents is 1. The van der Waals surface area contributed by atoms with E-state index in [1.54, 1.807) is 0 Å². The molecule has 0 radical (unpaired) electrons. The Bertz CT molecular complexity index is 743. The second-order valence-electron chi connectivity index (χ2n) is 8.88. The Morgan fingerprint density at radius 2 is 1.84 bits per heavy atom. The Kier molecular flexibility index (Phi) is 11.9. The lowest BCUT2D eigenvalue weighted by atomic mass is 9.73. The second-order valence-corrected chi connectivity index (χ2v) is 8.88. The van der Waals surface area contributed by atoms with E-state index in [9.17, 15) is 5.11 Å². The van der Waals surface area contributed by atoms with Crippen molar-refractivity contribution in [2.45, 2.75) is 65.2 Å². The van der Waals surface area contributed by atoms with Crippen LogP contribution in [-0.2, 0) is 15.9 Å². The zero-order chi connectivity index (χ0) is 23.3. The van der Waals surface area contributed by atoms with Gasteiger partial charge in [-0.25, -0.2) is 0 Å². The number of benzene rings is 1. The van der Waals surface area contributed by atoms with Crippen LogP contribution < -0.4 is 10.5 Å². The maximum absolute atomic E-state index is 11.1. The van der Waals surface area contributed by atoms with Crippen molar-refractivity contribution in [1.29, 1.82) is 0 Å². The molecule has 0 saturated carbocycles. The molecule has 3 N–H and O–H groups in total. The molecule has 2 atom stereocenters. The van der Waals surface area contributed by atoms with Crippen molar-refractivity contribution in [2.75, 3.05) is 39.6 Å². The fraction of sp³-hybridized carbons (Fsp3) is 0.630. The predicted molar refractivity (Wildman–Crippen MR) is 132 cm³/mol. The van der Waals surface area contributed by atoms with Crippen LogP contribution in [0.25, 0.3) is 0 Å². The SMILES string of the molecule is C=C(C)C1CCC(C)=CC1c1c(O)cc(CCCCC)cc1OCCOCCOCCN. The molecular weight excluding hydrogens is 402 g/mol. The Hall–Kier alpha value is -1.82. The van der Waals surface area contributed by atoms with Gasteiger partial charge in [0, 0.05) is 18.0 Å². The highest BCUT2D eigenvalue weighted by molar-refractivity contribution is 5.52. The molecule has 0 aromatic heterocycles. The summed E-state index contributed by atoms with van der Waals surface area (Å²) < 4.78 is 17.2. The number of rotatable bonds is 15. The highest BCUT2D eigenvalue weighted by atomic mass is 16.5. The van der Waals surface area contributed by atoms with Crippen LogP contribution in [0.3, 0.4) is 0 Å². The number of aryl methyl sites for hydroxylation is 1. The molecule has 1 aromatic carbocycles. The highest BCUT2D eigenvalue weighted by Gasteiger charge is 2.30. The van der Waals surface area contributed by atoms with Gasteiger partial charge in [0.1, 0.15) is 18.1 Å². The van der Waals surface area contributed by atoms with Gasteiger partial charge in [-0.05, 0) is 63.1 Å². The van der Waals surface area contributed by atoms with Gasteiger partial charge in [-0.3, -0.25) is 0 Å². The maximum Gasteiger partial charge on any atom is 0.127 e. The van der Waals surface area contributed by atoms with Gasteiger partial charge in [0.2, 0.25) is 0 Å². The summed E-state index contributed by atoms with van der Waals surface area (Å²) >= 11 is 0. The summed E-state index contributed by atoms with van der Waals surface area (Å²) in [6.45, 7) is 13.7. The lowest BCUT2D eigenvalue weighted by Gasteiger charge is -2.32. The highest BCUT2D eigenvalue weighted by Crippen LogP contribution is 2.47. The first-order valence-electron chi connectivity index (χ1n) is 12.1. The molecule has 1 aliphatic carbocycles. The van der Waals surface area contributed by atoms with Crippen LogP contribution in [0.2, 0.25) is 0 Å². The van der Waals surface area contributed by atoms with Gasteiger partial charge >= 0.3 is 0 Å². The minimum atomic E-state index is 0.0755. The van der Waals surface area contributed by atoms with E-state index in [0.717, 1.165) is 48.1 Å². The molecule has 2 rings (SSSR count). The first kappa shape index (κ1) is 26.4. The van der Waals surface area contributed by atoms with E-state index in [-0.39, 0.29) is 5.92 Å². The lowest BCUT2D eigenvalue weighted by Crippen LogP contribution is -2.19. The van der Waals surface area contributed by atoms with E-state index in [1.807, 2.05) is 6.07 Å². The van der Waals surface area contributed by atoms with Gasteiger partial charge in [0.05, 0.1) is 26.4 Å². The smallest absolute Gasteiger partial charge is 0.127 e. The van der Waals surface area contributed by atoms with Crippen molar-refractivity contribution in [3.05, 3.63) is 47.1 Å². The summed E-state index contributed by atoms with van der Waals surface area (Å²) in [5.74, 6) is 1.47. The van der Waals surface area contributed by atoms with E-state index >= 15 is 0 Å². The fourth-order valence-electron chi connectivity index (χ4n) is 4.37. The monoisotopic (exact) mass is 445 g/mol. The van der Waals surface area contributed by atoms with Crippen molar-refractivity contribution >= 4 is 0 Å².